The lowest BCUT2D eigenvalue weighted by molar-refractivity contribution is 0.0524. The lowest BCUT2D eigenvalue weighted by atomic mass is 10.0. The molecule has 0 atom stereocenters. The summed E-state index contributed by atoms with van der Waals surface area (Å²) in [7, 11) is 0. The van der Waals surface area contributed by atoms with E-state index in [1.54, 1.807) is 17.7 Å². The molecule has 0 N–H and O–H groups in total. The van der Waals surface area contributed by atoms with Crippen LogP contribution < -0.4 is 0 Å². The highest BCUT2D eigenvalue weighted by atomic mass is 16.5. The summed E-state index contributed by atoms with van der Waals surface area (Å²) in [5.41, 5.74) is 3.11. The van der Waals surface area contributed by atoms with Crippen LogP contribution in [-0.4, -0.2) is 28.1 Å². The lowest BCUT2D eigenvalue weighted by Crippen LogP contribution is -2.11. The van der Waals surface area contributed by atoms with E-state index in [1.807, 2.05) is 91.0 Å². The van der Waals surface area contributed by atoms with Gasteiger partial charge in [-0.2, -0.15) is 5.10 Å². The van der Waals surface area contributed by atoms with Crippen LogP contribution in [0.15, 0.2) is 97.1 Å². The molecule has 0 aliphatic rings. The maximum Gasteiger partial charge on any atom is 0.342 e. The summed E-state index contributed by atoms with van der Waals surface area (Å²) < 4.78 is 6.95. The van der Waals surface area contributed by atoms with Crippen LogP contribution in [0.2, 0.25) is 0 Å². The fourth-order valence-corrected chi connectivity index (χ4v) is 3.42. The van der Waals surface area contributed by atoms with Crippen LogP contribution in [0.1, 0.15) is 33.3 Å². The average Bonchev–Trinajstić information content (AvgIpc) is 3.25. The number of hydrogen-bond acceptors (Lipinski definition) is 4. The Kier molecular flexibility index (Phi) is 6.37. The van der Waals surface area contributed by atoms with Crippen molar-refractivity contribution in [1.82, 2.24) is 9.78 Å². The molecular weight excluding hydrogens is 400 g/mol. The number of allylic oxidation sites excluding steroid dienone is 1. The fraction of sp³-hybridized carbons (Fsp3) is 0.0741. The largest absolute Gasteiger partial charge is 0.462 e. The van der Waals surface area contributed by atoms with E-state index in [4.69, 9.17) is 4.74 Å². The summed E-state index contributed by atoms with van der Waals surface area (Å²) in [5.74, 6) is -0.950. The van der Waals surface area contributed by atoms with E-state index >= 15 is 0 Å². The Bertz CT molecular complexity index is 1240. The van der Waals surface area contributed by atoms with E-state index < -0.39 is 5.97 Å². The molecule has 0 spiro atoms. The third kappa shape index (κ3) is 4.42. The molecule has 4 rings (SSSR count). The zero-order valence-corrected chi connectivity index (χ0v) is 17.6. The Balaban J connectivity index is 1.91. The van der Waals surface area contributed by atoms with Gasteiger partial charge in [0, 0.05) is 5.56 Å². The number of benzene rings is 3. The first-order valence-electron chi connectivity index (χ1n) is 10.4. The second kappa shape index (κ2) is 9.71. The number of ketones is 1. The molecule has 0 radical (unpaired) electrons. The summed E-state index contributed by atoms with van der Waals surface area (Å²) in [6, 6.07) is 28.3. The van der Waals surface area contributed by atoms with Crippen LogP contribution >= 0.6 is 0 Å². The van der Waals surface area contributed by atoms with Crippen molar-refractivity contribution in [2.75, 3.05) is 6.61 Å². The minimum Gasteiger partial charge on any atom is -0.462 e. The van der Waals surface area contributed by atoms with E-state index in [0.717, 1.165) is 16.8 Å². The number of rotatable bonds is 7. The van der Waals surface area contributed by atoms with E-state index in [0.29, 0.717) is 5.69 Å². The van der Waals surface area contributed by atoms with Crippen LogP contribution in [0.5, 0.6) is 0 Å². The number of aromatic nitrogens is 2. The van der Waals surface area contributed by atoms with Gasteiger partial charge in [-0.25, -0.2) is 9.48 Å². The minimum atomic E-state index is -0.579. The number of esters is 1. The normalized spacial score (nSPS) is 10.9. The molecule has 1 heterocycles. The smallest absolute Gasteiger partial charge is 0.342 e. The molecule has 0 fully saturated rings. The number of nitrogens with zero attached hydrogens (tertiary/aromatic N) is 2. The predicted octanol–water partition coefficient (Wildman–Crippen LogP) is 5.61. The molecule has 5 heteroatoms. The van der Waals surface area contributed by atoms with Crippen molar-refractivity contribution in [3.05, 3.63) is 114 Å². The number of hydrogen-bond donors (Lipinski definition) is 0. The topological polar surface area (TPSA) is 61.2 Å². The van der Waals surface area contributed by atoms with Crippen LogP contribution in [0.3, 0.4) is 0 Å². The predicted molar refractivity (Wildman–Crippen MR) is 125 cm³/mol. The third-order valence-electron chi connectivity index (χ3n) is 4.87. The Labute approximate surface area is 186 Å². The molecule has 0 amide bonds. The van der Waals surface area contributed by atoms with E-state index in [2.05, 4.69) is 5.10 Å². The molecule has 0 saturated carbocycles. The molecule has 4 aromatic rings. The number of para-hydroxylation sites is 1. The van der Waals surface area contributed by atoms with E-state index in [-0.39, 0.29) is 23.6 Å². The molecule has 0 bridgehead atoms. The van der Waals surface area contributed by atoms with Crippen molar-refractivity contribution in [3.63, 3.8) is 0 Å². The first kappa shape index (κ1) is 21.0. The van der Waals surface area contributed by atoms with Crippen molar-refractivity contribution in [3.8, 4) is 16.9 Å². The zero-order chi connectivity index (χ0) is 22.3. The first-order valence-corrected chi connectivity index (χ1v) is 10.4. The van der Waals surface area contributed by atoms with E-state index in [1.165, 1.54) is 6.08 Å². The lowest BCUT2D eigenvalue weighted by Gasteiger charge is -2.09. The van der Waals surface area contributed by atoms with Gasteiger partial charge in [0.1, 0.15) is 11.3 Å². The molecular formula is C27H22N2O3. The Morgan fingerprint density at radius 2 is 1.47 bits per heavy atom. The van der Waals surface area contributed by atoms with Crippen molar-refractivity contribution in [2.24, 2.45) is 0 Å². The molecule has 0 aliphatic carbocycles. The van der Waals surface area contributed by atoms with Gasteiger partial charge in [0.05, 0.1) is 18.0 Å². The summed E-state index contributed by atoms with van der Waals surface area (Å²) >= 11 is 0. The highest BCUT2D eigenvalue weighted by molar-refractivity contribution is 6.14. The van der Waals surface area contributed by atoms with Gasteiger partial charge in [-0.05, 0) is 30.7 Å². The Morgan fingerprint density at radius 3 is 2.09 bits per heavy atom. The van der Waals surface area contributed by atoms with Crippen LogP contribution in [-0.2, 0) is 4.74 Å². The molecule has 158 valence electrons. The highest BCUT2D eigenvalue weighted by Gasteiger charge is 2.29. The van der Waals surface area contributed by atoms with Crippen molar-refractivity contribution < 1.29 is 14.3 Å². The van der Waals surface area contributed by atoms with Crippen molar-refractivity contribution >= 4 is 17.8 Å². The second-order valence-corrected chi connectivity index (χ2v) is 7.01. The van der Waals surface area contributed by atoms with Gasteiger partial charge in [-0.15, -0.1) is 0 Å². The minimum absolute atomic E-state index is 0.0540. The SMILES string of the molecule is CCOC(=O)c1c(C(=O)C=Cc2ccccc2)nn(-c2ccccc2)c1-c1ccccc1. The quantitative estimate of drug-likeness (QED) is 0.221. The van der Waals surface area contributed by atoms with Gasteiger partial charge in [-0.3, -0.25) is 4.79 Å². The maximum atomic E-state index is 13.2. The number of carbonyl (C=O) groups is 2. The molecule has 0 saturated heterocycles. The summed E-state index contributed by atoms with van der Waals surface area (Å²) in [5, 5.41) is 4.59. The van der Waals surface area contributed by atoms with Crippen LogP contribution in [0.4, 0.5) is 0 Å². The van der Waals surface area contributed by atoms with Crippen LogP contribution in [0, 0.1) is 0 Å². The van der Waals surface area contributed by atoms with Gasteiger partial charge >= 0.3 is 5.97 Å². The summed E-state index contributed by atoms with van der Waals surface area (Å²) in [6.45, 7) is 1.93. The highest BCUT2D eigenvalue weighted by Crippen LogP contribution is 2.30. The van der Waals surface area contributed by atoms with Gasteiger partial charge in [0.15, 0.2) is 0 Å². The standard InChI is InChI=1S/C27H22N2O3/c1-2-32-27(31)24-25(23(30)19-18-20-12-6-3-7-13-20)28-29(22-16-10-5-11-17-22)26(24)21-14-8-4-9-15-21/h3-19H,2H2,1H3. The molecule has 5 nitrogen and oxygen atoms in total. The van der Waals surface area contributed by atoms with Gasteiger partial charge in [0.25, 0.3) is 0 Å². The Hall–Kier alpha value is -4.25. The van der Waals surface area contributed by atoms with Gasteiger partial charge < -0.3 is 4.74 Å². The molecule has 0 aliphatic heterocycles. The molecule has 0 unspecified atom stereocenters. The maximum absolute atomic E-state index is 13.2. The van der Waals surface area contributed by atoms with Crippen LogP contribution in [0.25, 0.3) is 23.0 Å². The fourth-order valence-electron chi connectivity index (χ4n) is 3.42. The number of carbonyl (C=O) groups excluding carboxylic acids is 2. The number of ether oxygens (including phenoxy) is 1. The average molecular weight is 422 g/mol. The summed E-state index contributed by atoms with van der Waals surface area (Å²) in [4.78, 5) is 26.2. The van der Waals surface area contributed by atoms with E-state index in [9.17, 15) is 9.59 Å². The van der Waals surface area contributed by atoms with Gasteiger partial charge in [-0.1, -0.05) is 84.9 Å². The first-order chi connectivity index (χ1) is 15.7. The second-order valence-electron chi connectivity index (χ2n) is 7.01. The summed E-state index contributed by atoms with van der Waals surface area (Å²) in [6.07, 6.45) is 3.14. The molecule has 1 aromatic heterocycles. The Morgan fingerprint density at radius 1 is 0.875 bits per heavy atom. The third-order valence-corrected chi connectivity index (χ3v) is 4.87. The van der Waals surface area contributed by atoms with Crippen molar-refractivity contribution in [1.29, 1.82) is 0 Å². The van der Waals surface area contributed by atoms with Crippen molar-refractivity contribution in [2.45, 2.75) is 6.92 Å². The molecule has 32 heavy (non-hydrogen) atoms. The van der Waals surface area contributed by atoms with Gasteiger partial charge in [0.2, 0.25) is 5.78 Å². The zero-order valence-electron chi connectivity index (χ0n) is 17.6. The monoisotopic (exact) mass is 422 g/mol. The molecule has 3 aromatic carbocycles.